The zero-order valence-corrected chi connectivity index (χ0v) is 20.4. The van der Waals surface area contributed by atoms with Crippen LogP contribution in [0.25, 0.3) is 10.9 Å². The summed E-state index contributed by atoms with van der Waals surface area (Å²) in [5.41, 5.74) is 1.62. The summed E-state index contributed by atoms with van der Waals surface area (Å²) < 4.78 is 6.63. The molecule has 0 spiro atoms. The fraction of sp³-hybridized carbons (Fsp3) is 0.440. The highest BCUT2D eigenvalue weighted by atomic mass is 32.2. The summed E-state index contributed by atoms with van der Waals surface area (Å²) in [4.78, 5) is 18.7. The maximum absolute atomic E-state index is 12.0. The van der Waals surface area contributed by atoms with Crippen LogP contribution in [0, 0.1) is 11.8 Å². The van der Waals surface area contributed by atoms with Crippen LogP contribution in [0.1, 0.15) is 30.9 Å². The number of pyridine rings is 1. The van der Waals surface area contributed by atoms with Crippen LogP contribution in [0.4, 0.5) is 0 Å². The van der Waals surface area contributed by atoms with Gasteiger partial charge < -0.3 is 19.8 Å². The van der Waals surface area contributed by atoms with Crippen molar-refractivity contribution in [3.63, 3.8) is 0 Å². The minimum Gasteiger partial charge on any atom is -0.497 e. The Morgan fingerprint density at radius 3 is 3.00 bits per heavy atom. The van der Waals surface area contributed by atoms with Gasteiger partial charge >= 0.3 is 5.97 Å². The highest BCUT2D eigenvalue weighted by molar-refractivity contribution is 8.01. The zero-order valence-electron chi connectivity index (χ0n) is 18.7. The van der Waals surface area contributed by atoms with E-state index in [1.54, 1.807) is 24.6 Å². The Morgan fingerprint density at radius 1 is 1.36 bits per heavy atom. The third-order valence-corrected chi connectivity index (χ3v) is 8.57. The highest BCUT2D eigenvalue weighted by Crippen LogP contribution is 2.34. The number of aliphatic carboxylic acids is 1. The van der Waals surface area contributed by atoms with Crippen molar-refractivity contribution in [2.24, 2.45) is 11.8 Å². The largest absolute Gasteiger partial charge is 0.497 e. The van der Waals surface area contributed by atoms with E-state index in [0.717, 1.165) is 47.5 Å². The van der Waals surface area contributed by atoms with Gasteiger partial charge in [0, 0.05) is 30.4 Å². The van der Waals surface area contributed by atoms with Gasteiger partial charge in [-0.05, 0) is 73.0 Å². The summed E-state index contributed by atoms with van der Waals surface area (Å²) in [7, 11) is 1.62. The molecule has 3 atom stereocenters. The monoisotopic (exact) mass is 486 g/mol. The fourth-order valence-electron chi connectivity index (χ4n) is 4.61. The second-order valence-electron chi connectivity index (χ2n) is 8.45. The number of likely N-dealkylation sites (tertiary alicyclic amines) is 1. The van der Waals surface area contributed by atoms with Gasteiger partial charge in [-0.2, -0.15) is 0 Å². The van der Waals surface area contributed by atoms with Crippen LogP contribution in [0.3, 0.4) is 0 Å². The molecule has 4 rings (SSSR count). The quantitative estimate of drug-likeness (QED) is 0.393. The van der Waals surface area contributed by atoms with Crippen LogP contribution in [0.2, 0.25) is 0 Å². The van der Waals surface area contributed by atoms with E-state index in [1.807, 2.05) is 36.0 Å². The third-order valence-electron chi connectivity index (χ3n) is 6.46. The lowest BCUT2D eigenvalue weighted by Gasteiger charge is -2.36. The molecule has 3 aromatic rings. The molecule has 1 saturated heterocycles. The standard InChI is InChI=1S/C25H30N2O4S2/c1-31-18-5-6-22-20(15-18)19(8-10-26-22)23(28)7-4-17-9-11-27(16-21(17)25(29)30)12-14-33-24-3-2-13-32-24/h2-3,5-6,8,10,13,15,17,21,23,28H,4,7,9,11-12,14,16H2,1H3,(H,29,30)/t17-,21+,23+/m0/s1. The number of thiophene rings is 1. The Labute approximate surface area is 202 Å². The molecule has 8 heteroatoms. The number of aliphatic hydroxyl groups excluding tert-OH is 1. The van der Waals surface area contributed by atoms with Crippen LogP contribution in [0.15, 0.2) is 52.2 Å². The molecule has 3 heterocycles. The second-order valence-corrected chi connectivity index (χ2v) is 10.8. The first-order valence-corrected chi connectivity index (χ1v) is 13.1. The van der Waals surface area contributed by atoms with Gasteiger partial charge in [-0.15, -0.1) is 23.1 Å². The van der Waals surface area contributed by atoms with Gasteiger partial charge in [0.15, 0.2) is 0 Å². The molecule has 0 unspecified atom stereocenters. The van der Waals surface area contributed by atoms with E-state index in [9.17, 15) is 15.0 Å². The molecule has 33 heavy (non-hydrogen) atoms. The number of ether oxygens (including phenoxy) is 1. The van der Waals surface area contributed by atoms with Gasteiger partial charge in [-0.1, -0.05) is 6.07 Å². The molecule has 0 radical (unpaired) electrons. The van der Waals surface area contributed by atoms with Gasteiger partial charge in [0.25, 0.3) is 0 Å². The molecule has 1 aliphatic rings. The molecule has 176 valence electrons. The Morgan fingerprint density at radius 2 is 2.24 bits per heavy atom. The number of methoxy groups -OCH3 is 1. The molecule has 0 bridgehead atoms. The average Bonchev–Trinajstić information content (AvgIpc) is 3.35. The zero-order chi connectivity index (χ0) is 23.2. The number of hydrogen-bond acceptors (Lipinski definition) is 7. The summed E-state index contributed by atoms with van der Waals surface area (Å²) >= 11 is 3.57. The highest BCUT2D eigenvalue weighted by Gasteiger charge is 2.34. The number of aromatic nitrogens is 1. The summed E-state index contributed by atoms with van der Waals surface area (Å²) in [5.74, 6) is 0.631. The molecule has 0 aliphatic carbocycles. The molecule has 0 saturated carbocycles. The number of thioether (sulfide) groups is 1. The van der Waals surface area contributed by atoms with Crippen molar-refractivity contribution in [2.45, 2.75) is 29.6 Å². The number of aliphatic hydroxyl groups is 1. The van der Waals surface area contributed by atoms with Crippen molar-refractivity contribution in [3.05, 3.63) is 53.5 Å². The molecule has 1 aromatic carbocycles. The van der Waals surface area contributed by atoms with Gasteiger partial charge in [-0.3, -0.25) is 9.78 Å². The lowest BCUT2D eigenvalue weighted by molar-refractivity contribution is -0.146. The van der Waals surface area contributed by atoms with Gasteiger partial charge in [0.2, 0.25) is 0 Å². The van der Waals surface area contributed by atoms with Crippen LogP contribution in [-0.4, -0.2) is 58.6 Å². The average molecular weight is 487 g/mol. The third kappa shape index (κ3) is 6.06. The van der Waals surface area contributed by atoms with Crippen molar-refractivity contribution >= 4 is 40.0 Å². The number of carboxylic acid groups (broad SMARTS) is 1. The summed E-state index contributed by atoms with van der Waals surface area (Å²) in [5, 5.41) is 23.8. The lowest BCUT2D eigenvalue weighted by atomic mass is 9.81. The molecular weight excluding hydrogens is 456 g/mol. The number of carbonyl (C=O) groups is 1. The Hall–Kier alpha value is -2.13. The van der Waals surface area contributed by atoms with Crippen LogP contribution in [0.5, 0.6) is 5.75 Å². The van der Waals surface area contributed by atoms with Gasteiger partial charge in [-0.25, -0.2) is 0 Å². The summed E-state index contributed by atoms with van der Waals surface area (Å²) in [6.07, 6.45) is 3.10. The van der Waals surface area contributed by atoms with E-state index < -0.39 is 18.0 Å². The fourth-order valence-corrected chi connectivity index (χ4v) is 6.47. The first-order valence-electron chi connectivity index (χ1n) is 11.3. The number of benzene rings is 1. The summed E-state index contributed by atoms with van der Waals surface area (Å²) in [6, 6.07) is 11.7. The number of fused-ring (bicyclic) bond motifs is 1. The summed E-state index contributed by atoms with van der Waals surface area (Å²) in [6.45, 7) is 2.38. The maximum atomic E-state index is 12.0. The van der Waals surface area contributed by atoms with E-state index in [0.29, 0.717) is 19.4 Å². The molecule has 0 amide bonds. The Bertz CT molecular complexity index is 1060. The maximum Gasteiger partial charge on any atom is 0.308 e. The minimum absolute atomic E-state index is 0.0704. The number of rotatable bonds is 10. The number of nitrogens with zero attached hydrogens (tertiary/aromatic N) is 2. The molecular formula is C25H30N2O4S2. The van der Waals surface area contributed by atoms with Crippen molar-refractivity contribution in [2.75, 3.05) is 32.5 Å². The minimum atomic E-state index is -0.732. The number of piperidine rings is 1. The van der Waals surface area contributed by atoms with Crippen LogP contribution < -0.4 is 4.74 Å². The lowest BCUT2D eigenvalue weighted by Crippen LogP contribution is -2.44. The normalized spacial score (nSPS) is 20.1. The van der Waals surface area contributed by atoms with E-state index in [-0.39, 0.29) is 5.92 Å². The SMILES string of the molecule is COc1ccc2nccc([C@H](O)CC[C@H]3CCN(CCSc4cccs4)C[C@H]3C(=O)O)c2c1. The van der Waals surface area contributed by atoms with E-state index >= 15 is 0 Å². The van der Waals surface area contributed by atoms with Gasteiger partial charge in [0.1, 0.15) is 5.75 Å². The first-order chi connectivity index (χ1) is 16.0. The first kappa shape index (κ1) is 24.0. The van der Waals surface area contributed by atoms with Crippen LogP contribution in [-0.2, 0) is 4.79 Å². The van der Waals surface area contributed by atoms with E-state index in [2.05, 4.69) is 27.4 Å². The van der Waals surface area contributed by atoms with Crippen molar-refractivity contribution in [1.29, 1.82) is 0 Å². The predicted molar refractivity (Wildman–Crippen MR) is 133 cm³/mol. The molecule has 6 nitrogen and oxygen atoms in total. The van der Waals surface area contributed by atoms with Crippen molar-refractivity contribution < 1.29 is 19.7 Å². The molecule has 2 N–H and O–H groups in total. The topological polar surface area (TPSA) is 82.9 Å². The number of hydrogen-bond donors (Lipinski definition) is 2. The smallest absolute Gasteiger partial charge is 0.308 e. The van der Waals surface area contributed by atoms with Gasteiger partial charge in [0.05, 0.1) is 28.9 Å². The van der Waals surface area contributed by atoms with Crippen molar-refractivity contribution in [3.8, 4) is 5.75 Å². The number of carboxylic acids is 1. The van der Waals surface area contributed by atoms with Crippen LogP contribution >= 0.6 is 23.1 Å². The second kappa shape index (κ2) is 11.3. The Kier molecular flexibility index (Phi) is 8.25. The van der Waals surface area contributed by atoms with E-state index in [1.165, 1.54) is 4.21 Å². The predicted octanol–water partition coefficient (Wildman–Crippen LogP) is 4.93. The Balaban J connectivity index is 1.34. The van der Waals surface area contributed by atoms with E-state index in [4.69, 9.17) is 4.74 Å². The van der Waals surface area contributed by atoms with Crippen molar-refractivity contribution in [1.82, 2.24) is 9.88 Å². The molecule has 1 aliphatic heterocycles. The molecule has 1 fully saturated rings. The molecule has 2 aromatic heterocycles.